The van der Waals surface area contributed by atoms with E-state index < -0.39 is 25.4 Å². The van der Waals surface area contributed by atoms with Crippen LogP contribution in [0.15, 0.2) is 91.0 Å². The van der Waals surface area contributed by atoms with Crippen LogP contribution in [0.5, 0.6) is 0 Å². The second-order valence-electron chi connectivity index (χ2n) is 11.1. The standard InChI is InChI=1S/C32H38N2O2Si/c1-31(2,3)37(4,5)23-15-22-28(30(33)36)34-29(35)24-32(25-16-9-6-10-17-25,26-18-11-7-12-19-26)27-20-13-8-14-21-27/h6-14,16-21,28H,22,24H2,1-5H3,(H2,33,36)(H,34,35)/t28-/m1/s1. The minimum Gasteiger partial charge on any atom is -0.368 e. The highest BCUT2D eigenvalue weighted by atomic mass is 28.3. The minimum absolute atomic E-state index is 0.103. The number of amides is 2. The molecule has 0 aliphatic heterocycles. The van der Waals surface area contributed by atoms with Crippen LogP contribution in [0, 0.1) is 11.5 Å². The van der Waals surface area contributed by atoms with Gasteiger partial charge in [-0.2, -0.15) is 0 Å². The third-order valence-electron chi connectivity index (χ3n) is 7.49. The Hall–Kier alpha value is -3.62. The summed E-state index contributed by atoms with van der Waals surface area (Å²) >= 11 is 0. The molecular formula is C32H38N2O2Si. The summed E-state index contributed by atoms with van der Waals surface area (Å²) in [7, 11) is -1.84. The molecule has 0 unspecified atom stereocenters. The molecule has 0 spiro atoms. The normalized spacial score (nSPS) is 12.7. The number of nitrogens with two attached hydrogens (primary N) is 1. The maximum Gasteiger partial charge on any atom is 0.240 e. The number of carbonyl (C=O) groups is 2. The van der Waals surface area contributed by atoms with Gasteiger partial charge in [0.05, 0.1) is 5.41 Å². The van der Waals surface area contributed by atoms with Crippen molar-refractivity contribution in [1.82, 2.24) is 5.32 Å². The fourth-order valence-electron chi connectivity index (χ4n) is 4.24. The maximum atomic E-state index is 13.7. The van der Waals surface area contributed by atoms with Crippen molar-refractivity contribution in [2.75, 3.05) is 0 Å². The topological polar surface area (TPSA) is 72.2 Å². The van der Waals surface area contributed by atoms with E-state index in [1.807, 2.05) is 91.0 Å². The molecule has 3 N–H and O–H groups in total. The molecule has 1 atom stereocenters. The van der Waals surface area contributed by atoms with Crippen molar-refractivity contribution >= 4 is 19.9 Å². The Labute approximate surface area is 222 Å². The van der Waals surface area contributed by atoms with Crippen LogP contribution in [0.3, 0.4) is 0 Å². The minimum atomic E-state index is -1.84. The van der Waals surface area contributed by atoms with Gasteiger partial charge in [0.25, 0.3) is 0 Å². The number of rotatable bonds is 8. The number of benzene rings is 3. The van der Waals surface area contributed by atoms with E-state index in [0.717, 1.165) is 16.7 Å². The fraction of sp³-hybridized carbons (Fsp3) is 0.312. The molecule has 0 bridgehead atoms. The monoisotopic (exact) mass is 510 g/mol. The van der Waals surface area contributed by atoms with Crippen LogP contribution in [-0.4, -0.2) is 25.9 Å². The van der Waals surface area contributed by atoms with E-state index >= 15 is 0 Å². The first-order valence-corrected chi connectivity index (χ1v) is 15.7. The molecule has 3 aromatic rings. The Kier molecular flexibility index (Phi) is 8.78. The van der Waals surface area contributed by atoms with E-state index in [-0.39, 0.29) is 23.8 Å². The molecule has 0 heterocycles. The summed E-state index contributed by atoms with van der Waals surface area (Å²) < 4.78 is 0. The molecule has 0 aromatic heterocycles. The van der Waals surface area contributed by atoms with Gasteiger partial charge in [0.15, 0.2) is 0 Å². The molecular weight excluding hydrogens is 472 g/mol. The lowest BCUT2D eigenvalue weighted by Crippen LogP contribution is -2.47. The zero-order valence-corrected chi connectivity index (χ0v) is 23.5. The van der Waals surface area contributed by atoms with E-state index in [4.69, 9.17) is 5.73 Å². The van der Waals surface area contributed by atoms with E-state index in [1.54, 1.807) is 0 Å². The summed E-state index contributed by atoms with van der Waals surface area (Å²) in [4.78, 5) is 26.0. The number of hydrogen-bond acceptors (Lipinski definition) is 2. The molecule has 0 saturated heterocycles. The Balaban J connectivity index is 1.98. The van der Waals surface area contributed by atoms with Gasteiger partial charge < -0.3 is 11.1 Å². The molecule has 3 rings (SSSR count). The molecule has 0 radical (unpaired) electrons. The Morgan fingerprint density at radius 1 is 0.811 bits per heavy atom. The van der Waals surface area contributed by atoms with Gasteiger partial charge in [0.1, 0.15) is 14.1 Å². The number of carbonyl (C=O) groups excluding carboxylic acids is 2. The van der Waals surface area contributed by atoms with Crippen LogP contribution in [0.2, 0.25) is 18.1 Å². The SMILES string of the molecule is CC(C)(C)[Si](C)(C)C#CC[C@@H](NC(=O)CC(c1ccccc1)(c1ccccc1)c1ccccc1)C(N)=O. The Morgan fingerprint density at radius 2 is 1.22 bits per heavy atom. The predicted octanol–water partition coefficient (Wildman–Crippen LogP) is 5.82. The average molecular weight is 511 g/mol. The van der Waals surface area contributed by atoms with Crippen molar-refractivity contribution in [3.05, 3.63) is 108 Å². The molecule has 37 heavy (non-hydrogen) atoms. The molecule has 0 aliphatic carbocycles. The fourth-order valence-corrected chi connectivity index (χ4v) is 5.16. The second-order valence-corrected chi connectivity index (χ2v) is 16.1. The number of hydrogen-bond donors (Lipinski definition) is 2. The molecule has 192 valence electrons. The van der Waals surface area contributed by atoms with E-state index in [2.05, 4.69) is 50.6 Å². The molecule has 4 nitrogen and oxygen atoms in total. The summed E-state index contributed by atoms with van der Waals surface area (Å²) in [6.45, 7) is 11.0. The summed E-state index contributed by atoms with van der Waals surface area (Å²) in [5.74, 6) is 2.34. The lowest BCUT2D eigenvalue weighted by atomic mass is 9.67. The Bertz CT molecular complexity index is 1160. The highest BCUT2D eigenvalue weighted by molar-refractivity contribution is 6.87. The van der Waals surface area contributed by atoms with Gasteiger partial charge in [0, 0.05) is 12.8 Å². The van der Waals surface area contributed by atoms with Crippen molar-refractivity contribution in [2.45, 2.75) is 63.2 Å². The largest absolute Gasteiger partial charge is 0.368 e. The van der Waals surface area contributed by atoms with Gasteiger partial charge in [-0.05, 0) is 21.7 Å². The molecule has 0 fully saturated rings. The molecule has 0 saturated carbocycles. The van der Waals surface area contributed by atoms with E-state index in [0.29, 0.717) is 0 Å². The first-order chi connectivity index (χ1) is 17.5. The van der Waals surface area contributed by atoms with Crippen LogP contribution < -0.4 is 11.1 Å². The van der Waals surface area contributed by atoms with Crippen molar-refractivity contribution in [3.8, 4) is 11.5 Å². The molecule has 2 amide bonds. The number of nitrogens with one attached hydrogen (secondary N) is 1. The first kappa shape index (κ1) is 28.0. The quantitative estimate of drug-likeness (QED) is 0.228. The van der Waals surface area contributed by atoms with Crippen LogP contribution in [0.4, 0.5) is 0 Å². The van der Waals surface area contributed by atoms with E-state index in [1.165, 1.54) is 0 Å². The van der Waals surface area contributed by atoms with Gasteiger partial charge in [-0.3, -0.25) is 9.59 Å². The molecule has 5 heteroatoms. The van der Waals surface area contributed by atoms with Gasteiger partial charge >= 0.3 is 0 Å². The highest BCUT2D eigenvalue weighted by Gasteiger charge is 2.39. The molecule has 3 aromatic carbocycles. The predicted molar refractivity (Wildman–Crippen MR) is 155 cm³/mol. The van der Waals surface area contributed by atoms with Crippen molar-refractivity contribution in [3.63, 3.8) is 0 Å². The zero-order valence-electron chi connectivity index (χ0n) is 22.5. The van der Waals surface area contributed by atoms with Crippen LogP contribution in [-0.2, 0) is 15.0 Å². The lowest BCUT2D eigenvalue weighted by molar-refractivity contribution is -0.127. The van der Waals surface area contributed by atoms with Crippen molar-refractivity contribution in [2.24, 2.45) is 5.73 Å². The second kappa shape index (κ2) is 11.6. The third kappa shape index (κ3) is 6.58. The first-order valence-electron chi connectivity index (χ1n) is 12.7. The highest BCUT2D eigenvalue weighted by Crippen LogP contribution is 2.42. The molecule has 0 aliphatic rings. The summed E-state index contributed by atoms with van der Waals surface area (Å²) in [6, 6.07) is 29.2. The maximum absolute atomic E-state index is 13.7. The van der Waals surface area contributed by atoms with Gasteiger partial charge in [-0.15, -0.1) is 11.5 Å². The van der Waals surface area contributed by atoms with Crippen molar-refractivity contribution in [1.29, 1.82) is 0 Å². The van der Waals surface area contributed by atoms with Gasteiger partial charge in [-0.1, -0.05) is 125 Å². The lowest BCUT2D eigenvalue weighted by Gasteiger charge is -2.36. The summed E-state index contributed by atoms with van der Waals surface area (Å²) in [6.07, 6.45) is 0.313. The zero-order chi connectivity index (χ0) is 27.1. The summed E-state index contributed by atoms with van der Waals surface area (Å²) in [5, 5.41) is 3.01. The van der Waals surface area contributed by atoms with Crippen LogP contribution >= 0.6 is 0 Å². The number of primary amides is 1. The average Bonchev–Trinajstić information content (AvgIpc) is 2.87. The van der Waals surface area contributed by atoms with Crippen molar-refractivity contribution < 1.29 is 9.59 Å². The summed E-state index contributed by atoms with van der Waals surface area (Å²) in [5.41, 5.74) is 11.4. The third-order valence-corrected chi connectivity index (χ3v) is 12.0. The van der Waals surface area contributed by atoms with E-state index in [9.17, 15) is 9.59 Å². The van der Waals surface area contributed by atoms with Gasteiger partial charge in [0.2, 0.25) is 11.8 Å². The smallest absolute Gasteiger partial charge is 0.240 e. The Morgan fingerprint density at radius 3 is 1.57 bits per heavy atom. The van der Waals surface area contributed by atoms with Crippen LogP contribution in [0.25, 0.3) is 0 Å². The van der Waals surface area contributed by atoms with Gasteiger partial charge in [-0.25, -0.2) is 0 Å². The van der Waals surface area contributed by atoms with Crippen LogP contribution in [0.1, 0.15) is 50.3 Å².